The minimum absolute atomic E-state index is 0.122. The van der Waals surface area contributed by atoms with Crippen LogP contribution in [-0.2, 0) is 6.54 Å². The summed E-state index contributed by atoms with van der Waals surface area (Å²) in [4.78, 5) is 15.0. The highest BCUT2D eigenvalue weighted by molar-refractivity contribution is 5.99. The highest BCUT2D eigenvalue weighted by Crippen LogP contribution is 2.40. The number of benzene rings is 3. The lowest BCUT2D eigenvalue weighted by Crippen LogP contribution is -2.33. The molecule has 2 atom stereocenters. The molecule has 0 fully saturated rings. The van der Waals surface area contributed by atoms with Crippen LogP contribution in [0.15, 0.2) is 77.2 Å². The Kier molecular flexibility index (Phi) is 5.62. The molecule has 5 rings (SSSR count). The van der Waals surface area contributed by atoms with Crippen LogP contribution in [0.1, 0.15) is 51.5 Å². The molecule has 4 aromatic rings. The van der Waals surface area contributed by atoms with Gasteiger partial charge in [0.15, 0.2) is 0 Å². The highest BCUT2D eigenvalue weighted by Gasteiger charge is 2.38. The number of aromatic nitrogens is 2. The van der Waals surface area contributed by atoms with Gasteiger partial charge in [0.2, 0.25) is 5.89 Å². The van der Waals surface area contributed by atoms with Gasteiger partial charge in [-0.25, -0.2) is 4.39 Å². The number of aliphatic hydroxyl groups is 1. The molecule has 1 aliphatic rings. The van der Waals surface area contributed by atoms with Crippen molar-refractivity contribution in [3.63, 3.8) is 0 Å². The van der Waals surface area contributed by atoms with E-state index in [4.69, 9.17) is 4.42 Å². The van der Waals surface area contributed by atoms with Crippen LogP contribution in [0, 0.1) is 5.82 Å². The second-order valence-electron chi connectivity index (χ2n) is 7.91. The number of hydrogen-bond donors (Lipinski definition) is 1. The second kappa shape index (κ2) is 8.75. The Morgan fingerprint density at radius 2 is 1.71 bits per heavy atom. The van der Waals surface area contributed by atoms with Gasteiger partial charge in [0.1, 0.15) is 11.9 Å². The molecule has 0 saturated carbocycles. The maximum atomic E-state index is 13.9. The molecule has 1 aliphatic heterocycles. The van der Waals surface area contributed by atoms with Gasteiger partial charge in [-0.3, -0.25) is 4.79 Å². The number of carbonyl (C=O) groups is 1. The predicted octanol–water partition coefficient (Wildman–Crippen LogP) is 5.24. The third-order valence-electron chi connectivity index (χ3n) is 5.78. The average Bonchev–Trinajstić information content (AvgIpc) is 3.46. The summed E-state index contributed by atoms with van der Waals surface area (Å²) < 4.78 is 44.5. The number of hydrogen-bond acceptors (Lipinski definition) is 5. The van der Waals surface area contributed by atoms with Crippen molar-refractivity contribution >= 4 is 5.91 Å². The van der Waals surface area contributed by atoms with E-state index < -0.39 is 30.3 Å². The first-order chi connectivity index (χ1) is 16.4. The molecule has 1 aromatic heterocycles. The van der Waals surface area contributed by atoms with Crippen LogP contribution in [0.3, 0.4) is 0 Å². The summed E-state index contributed by atoms with van der Waals surface area (Å²) in [6.07, 6.45) is -4.09. The zero-order chi connectivity index (χ0) is 23.8. The maximum Gasteiger partial charge on any atom is 0.314 e. The van der Waals surface area contributed by atoms with Gasteiger partial charge in [-0.15, -0.1) is 10.2 Å². The number of fused-ring (bicyclic) bond motifs is 1. The Bertz CT molecular complexity index is 1340. The van der Waals surface area contributed by atoms with Gasteiger partial charge < -0.3 is 14.4 Å². The van der Waals surface area contributed by atoms with E-state index in [0.29, 0.717) is 27.8 Å². The fourth-order valence-corrected chi connectivity index (χ4v) is 4.18. The fourth-order valence-electron chi connectivity index (χ4n) is 4.18. The first-order valence-electron chi connectivity index (χ1n) is 10.5. The summed E-state index contributed by atoms with van der Waals surface area (Å²) in [6, 6.07) is 18.6. The molecular formula is C25H18F3N3O3. The maximum absolute atomic E-state index is 13.9. The molecule has 0 aliphatic carbocycles. The summed E-state index contributed by atoms with van der Waals surface area (Å²) in [7, 11) is 0. The lowest BCUT2D eigenvalue weighted by Gasteiger charge is -2.32. The molecule has 2 heterocycles. The van der Waals surface area contributed by atoms with Crippen LogP contribution < -0.4 is 0 Å². The van der Waals surface area contributed by atoms with E-state index in [1.807, 2.05) is 6.07 Å². The molecule has 172 valence electrons. The molecule has 0 saturated heterocycles. The van der Waals surface area contributed by atoms with Crippen molar-refractivity contribution in [2.75, 3.05) is 0 Å². The van der Waals surface area contributed by atoms with Gasteiger partial charge in [0.25, 0.3) is 11.8 Å². The lowest BCUT2D eigenvalue weighted by molar-refractivity contribution is 0.0359. The minimum Gasteiger partial charge on any atom is -0.415 e. The van der Waals surface area contributed by atoms with Crippen LogP contribution in [0.25, 0.3) is 11.5 Å². The Morgan fingerprint density at radius 1 is 0.941 bits per heavy atom. The summed E-state index contributed by atoms with van der Waals surface area (Å²) in [5.41, 5.74) is 2.37. The standard InChI is InChI=1S/C25H18F3N3O3/c26-18-8-4-7-15(11-18)21(32)20(14-5-2-1-3-6-14)31-13-17-10-9-16(12-19(17)25(31)33)23-29-30-24(34-23)22(27)28/h1-12,20-22,32H,13H2. The molecule has 0 radical (unpaired) electrons. The molecule has 3 aromatic carbocycles. The molecule has 1 amide bonds. The number of aliphatic hydroxyl groups excluding tert-OH is 1. The molecular weight excluding hydrogens is 447 g/mol. The SMILES string of the molecule is O=C1c2cc(-c3nnc(C(F)F)o3)ccc2CN1C(c1ccccc1)C(O)c1cccc(F)c1. The van der Waals surface area contributed by atoms with Gasteiger partial charge in [-0.1, -0.05) is 48.5 Å². The predicted molar refractivity (Wildman–Crippen MR) is 115 cm³/mol. The Morgan fingerprint density at radius 3 is 2.41 bits per heavy atom. The smallest absolute Gasteiger partial charge is 0.314 e. The van der Waals surface area contributed by atoms with Gasteiger partial charge >= 0.3 is 6.43 Å². The number of amides is 1. The molecule has 6 nitrogen and oxygen atoms in total. The molecule has 0 spiro atoms. The largest absolute Gasteiger partial charge is 0.415 e. The lowest BCUT2D eigenvalue weighted by atomic mass is 9.94. The van der Waals surface area contributed by atoms with E-state index >= 15 is 0 Å². The van der Waals surface area contributed by atoms with Crippen molar-refractivity contribution in [3.8, 4) is 11.5 Å². The van der Waals surface area contributed by atoms with Crippen LogP contribution >= 0.6 is 0 Å². The first-order valence-corrected chi connectivity index (χ1v) is 10.5. The fraction of sp³-hybridized carbons (Fsp3) is 0.160. The minimum atomic E-state index is -2.90. The van der Waals surface area contributed by atoms with Gasteiger partial charge in [0.05, 0.1) is 6.04 Å². The van der Waals surface area contributed by atoms with Gasteiger partial charge in [0, 0.05) is 17.7 Å². The third-order valence-corrected chi connectivity index (χ3v) is 5.78. The average molecular weight is 465 g/mol. The Balaban J connectivity index is 1.51. The number of alkyl halides is 2. The number of halogens is 3. The molecule has 0 bridgehead atoms. The van der Waals surface area contributed by atoms with Crippen molar-refractivity contribution in [2.45, 2.75) is 25.1 Å². The van der Waals surface area contributed by atoms with E-state index in [-0.39, 0.29) is 18.3 Å². The van der Waals surface area contributed by atoms with E-state index in [0.717, 1.165) is 0 Å². The van der Waals surface area contributed by atoms with Crippen LogP contribution in [-0.4, -0.2) is 26.1 Å². The summed E-state index contributed by atoms with van der Waals surface area (Å²) in [5.74, 6) is -1.78. The quantitative estimate of drug-likeness (QED) is 0.421. The zero-order valence-electron chi connectivity index (χ0n) is 17.6. The second-order valence-corrected chi connectivity index (χ2v) is 7.91. The normalized spacial score (nSPS) is 15.0. The van der Waals surface area contributed by atoms with E-state index in [2.05, 4.69) is 10.2 Å². The van der Waals surface area contributed by atoms with E-state index in [9.17, 15) is 23.1 Å². The van der Waals surface area contributed by atoms with Crippen molar-refractivity contribution in [3.05, 3.63) is 107 Å². The van der Waals surface area contributed by atoms with Crippen LogP contribution in [0.4, 0.5) is 13.2 Å². The summed E-state index contributed by atoms with van der Waals surface area (Å²) >= 11 is 0. The van der Waals surface area contributed by atoms with Crippen LogP contribution in [0.2, 0.25) is 0 Å². The summed E-state index contributed by atoms with van der Waals surface area (Å²) in [6.45, 7) is 0.201. The van der Waals surface area contributed by atoms with Gasteiger partial charge in [-0.05, 0) is 41.0 Å². The topological polar surface area (TPSA) is 79.5 Å². The zero-order valence-corrected chi connectivity index (χ0v) is 17.6. The van der Waals surface area contributed by atoms with Crippen molar-refractivity contribution in [2.24, 2.45) is 0 Å². The molecule has 9 heteroatoms. The van der Waals surface area contributed by atoms with Crippen LogP contribution in [0.5, 0.6) is 0 Å². The van der Waals surface area contributed by atoms with Crippen molar-refractivity contribution in [1.82, 2.24) is 15.1 Å². The number of nitrogens with zero attached hydrogens (tertiary/aromatic N) is 3. The van der Waals surface area contributed by atoms with E-state index in [1.54, 1.807) is 42.5 Å². The van der Waals surface area contributed by atoms with Gasteiger partial charge in [-0.2, -0.15) is 8.78 Å². The van der Waals surface area contributed by atoms with Crippen molar-refractivity contribution in [1.29, 1.82) is 0 Å². The Hall–Kier alpha value is -3.98. The van der Waals surface area contributed by atoms with E-state index in [1.165, 1.54) is 29.2 Å². The molecule has 34 heavy (non-hydrogen) atoms. The number of carbonyl (C=O) groups excluding carboxylic acids is 1. The molecule has 1 N–H and O–H groups in total. The first kappa shape index (κ1) is 21.8. The highest BCUT2D eigenvalue weighted by atomic mass is 19.3. The summed E-state index contributed by atoms with van der Waals surface area (Å²) in [5, 5.41) is 18.2. The Labute approximate surface area is 192 Å². The monoisotopic (exact) mass is 465 g/mol. The number of rotatable bonds is 6. The van der Waals surface area contributed by atoms with Crippen molar-refractivity contribution < 1.29 is 27.5 Å². The third kappa shape index (κ3) is 3.94. The molecule has 2 unspecified atom stereocenters.